The van der Waals surface area contributed by atoms with E-state index in [1.807, 2.05) is 6.92 Å². The van der Waals surface area contributed by atoms with E-state index in [9.17, 15) is 9.59 Å². The predicted octanol–water partition coefficient (Wildman–Crippen LogP) is 4.15. The zero-order chi connectivity index (χ0) is 21.3. The summed E-state index contributed by atoms with van der Waals surface area (Å²) >= 11 is 1.31. The number of hydrazone groups is 1. The summed E-state index contributed by atoms with van der Waals surface area (Å²) < 4.78 is 10.7. The number of hydrogen-bond acceptors (Lipinski definition) is 7. The molecule has 1 N–H and O–H groups in total. The van der Waals surface area contributed by atoms with Crippen LogP contribution in [0, 0.1) is 5.41 Å². The van der Waals surface area contributed by atoms with E-state index in [4.69, 9.17) is 14.6 Å². The van der Waals surface area contributed by atoms with Crippen LogP contribution in [0.5, 0.6) is 0 Å². The lowest BCUT2D eigenvalue weighted by molar-refractivity contribution is -0.114. The smallest absolute Gasteiger partial charge is 0.338 e. The summed E-state index contributed by atoms with van der Waals surface area (Å²) in [4.78, 5) is 28.6. The number of aliphatic imine (C=N–C) groups is 1. The molecular weight excluding hydrogens is 404 g/mol. The van der Waals surface area contributed by atoms with Crippen LogP contribution in [0.25, 0.3) is 17.4 Å². The van der Waals surface area contributed by atoms with E-state index in [2.05, 4.69) is 10.1 Å². The summed E-state index contributed by atoms with van der Waals surface area (Å²) in [6.45, 7) is 2.04. The van der Waals surface area contributed by atoms with E-state index in [1.54, 1.807) is 36.4 Å². The molecule has 0 atom stereocenters. The molecule has 0 saturated heterocycles. The van der Waals surface area contributed by atoms with Crippen molar-refractivity contribution in [3.05, 3.63) is 53.3 Å². The zero-order valence-electron chi connectivity index (χ0n) is 16.3. The molecule has 9 heteroatoms. The van der Waals surface area contributed by atoms with Gasteiger partial charge >= 0.3 is 5.97 Å². The van der Waals surface area contributed by atoms with Crippen molar-refractivity contribution in [2.75, 3.05) is 7.11 Å². The Labute approximate surface area is 176 Å². The number of carbonyl (C=O) groups excluding carboxylic acids is 2. The molecule has 0 bridgehead atoms. The first-order valence-electron chi connectivity index (χ1n) is 9.28. The normalized spacial score (nSPS) is 17.1. The van der Waals surface area contributed by atoms with Crippen LogP contribution >= 0.6 is 11.8 Å². The molecule has 152 valence electrons. The van der Waals surface area contributed by atoms with Crippen molar-refractivity contribution in [2.45, 2.75) is 19.8 Å². The second-order valence-corrected chi connectivity index (χ2v) is 7.54. The Bertz CT molecular complexity index is 1150. The molecular formula is C21H18N4O4S. The van der Waals surface area contributed by atoms with E-state index in [0.29, 0.717) is 27.8 Å². The molecule has 3 heterocycles. The van der Waals surface area contributed by atoms with Crippen LogP contribution in [-0.2, 0) is 9.53 Å². The lowest BCUT2D eigenvalue weighted by Gasteiger charge is -2.19. The molecule has 8 nitrogen and oxygen atoms in total. The topological polar surface area (TPSA) is 108 Å². The summed E-state index contributed by atoms with van der Waals surface area (Å²) in [5.74, 6) is -0.223. The molecule has 4 rings (SSSR count). The van der Waals surface area contributed by atoms with Gasteiger partial charge in [-0.3, -0.25) is 10.2 Å². The Hall–Kier alpha value is -3.46. The summed E-state index contributed by atoms with van der Waals surface area (Å²) in [7, 11) is 1.32. The Morgan fingerprint density at radius 1 is 1.30 bits per heavy atom. The van der Waals surface area contributed by atoms with E-state index in [1.165, 1.54) is 30.0 Å². The van der Waals surface area contributed by atoms with Gasteiger partial charge in [-0.15, -0.1) is 0 Å². The number of ether oxygens (including phenoxy) is 1. The Morgan fingerprint density at radius 2 is 2.10 bits per heavy atom. The molecule has 1 amide bonds. The fourth-order valence-corrected chi connectivity index (χ4v) is 4.04. The molecule has 0 aliphatic carbocycles. The van der Waals surface area contributed by atoms with Gasteiger partial charge in [0.1, 0.15) is 16.6 Å². The average molecular weight is 422 g/mol. The van der Waals surface area contributed by atoms with Crippen LogP contribution in [0.15, 0.2) is 56.5 Å². The number of hydrogen-bond donors (Lipinski definition) is 1. The quantitative estimate of drug-likeness (QED) is 0.573. The predicted molar refractivity (Wildman–Crippen MR) is 115 cm³/mol. The Balaban J connectivity index is 1.65. The Kier molecular flexibility index (Phi) is 5.37. The standard InChI is InChI=1S/C21H18N4O4S/c1-3-6-17-24-25-18(22)15(19(26)23-21(25)30-17)11-12-9-10-16(29-12)13-7-4-5-8-14(13)20(27)28-2/h4-5,7-11,22H,3,6H2,1-2H3. The van der Waals surface area contributed by atoms with Gasteiger partial charge in [-0.1, -0.05) is 25.1 Å². The number of amides is 1. The molecule has 2 aromatic rings. The highest BCUT2D eigenvalue weighted by Crippen LogP contribution is 2.31. The number of benzene rings is 1. The van der Waals surface area contributed by atoms with E-state index in [-0.39, 0.29) is 11.4 Å². The summed E-state index contributed by atoms with van der Waals surface area (Å²) in [6.07, 6.45) is 3.15. The molecule has 0 unspecified atom stereocenters. The maximum atomic E-state index is 12.5. The first-order chi connectivity index (χ1) is 14.5. The minimum atomic E-state index is -0.514. The number of thioether (sulfide) groups is 1. The second-order valence-electron chi connectivity index (χ2n) is 6.50. The van der Waals surface area contributed by atoms with Crippen molar-refractivity contribution in [3.63, 3.8) is 0 Å². The van der Waals surface area contributed by atoms with Crippen molar-refractivity contribution in [1.82, 2.24) is 5.01 Å². The third kappa shape index (κ3) is 3.59. The van der Waals surface area contributed by atoms with Crippen LogP contribution in [-0.4, -0.2) is 40.0 Å². The van der Waals surface area contributed by atoms with Gasteiger partial charge in [0.2, 0.25) is 5.17 Å². The second kappa shape index (κ2) is 8.11. The van der Waals surface area contributed by atoms with Gasteiger partial charge in [-0.05, 0) is 48.9 Å². The number of nitrogens with zero attached hydrogens (tertiary/aromatic N) is 3. The maximum Gasteiger partial charge on any atom is 0.338 e. The van der Waals surface area contributed by atoms with Crippen LogP contribution in [0.1, 0.15) is 35.9 Å². The first-order valence-corrected chi connectivity index (χ1v) is 10.1. The van der Waals surface area contributed by atoms with Crippen LogP contribution < -0.4 is 0 Å². The van der Waals surface area contributed by atoms with Gasteiger partial charge in [0.05, 0.1) is 18.2 Å². The van der Waals surface area contributed by atoms with Crippen molar-refractivity contribution in [1.29, 1.82) is 5.41 Å². The number of rotatable bonds is 5. The molecule has 2 aliphatic rings. The highest BCUT2D eigenvalue weighted by atomic mass is 32.2. The lowest BCUT2D eigenvalue weighted by atomic mass is 10.1. The summed E-state index contributed by atoms with van der Waals surface area (Å²) in [6, 6.07) is 10.3. The van der Waals surface area contributed by atoms with Gasteiger partial charge in [-0.25, -0.2) is 4.79 Å². The molecule has 1 aromatic carbocycles. The third-order valence-corrected chi connectivity index (χ3v) is 5.44. The van der Waals surface area contributed by atoms with Crippen molar-refractivity contribution >= 4 is 45.8 Å². The SMILES string of the molecule is CCCC1=NN2C(=N)C(=Cc3ccc(-c4ccccc4C(=O)OC)o3)C(=O)N=C2S1. The largest absolute Gasteiger partial charge is 0.465 e. The van der Waals surface area contributed by atoms with Crippen molar-refractivity contribution in [3.8, 4) is 11.3 Å². The highest BCUT2D eigenvalue weighted by Gasteiger charge is 2.35. The van der Waals surface area contributed by atoms with Crippen molar-refractivity contribution < 1.29 is 18.7 Å². The third-order valence-electron chi connectivity index (χ3n) is 4.47. The molecule has 2 aliphatic heterocycles. The molecule has 0 fully saturated rings. The van der Waals surface area contributed by atoms with E-state index in [0.717, 1.165) is 17.9 Å². The summed E-state index contributed by atoms with van der Waals surface area (Å²) in [5, 5.41) is 15.4. The minimum absolute atomic E-state index is 0.0449. The van der Waals surface area contributed by atoms with Crippen LogP contribution in [0.2, 0.25) is 0 Å². The van der Waals surface area contributed by atoms with E-state index < -0.39 is 11.9 Å². The number of carbonyl (C=O) groups is 2. The minimum Gasteiger partial charge on any atom is -0.465 e. The fourth-order valence-electron chi connectivity index (χ4n) is 3.05. The lowest BCUT2D eigenvalue weighted by Crippen LogP contribution is -2.35. The number of furan rings is 1. The number of amidine groups is 2. The van der Waals surface area contributed by atoms with Crippen molar-refractivity contribution in [2.24, 2.45) is 10.1 Å². The monoisotopic (exact) mass is 422 g/mol. The van der Waals surface area contributed by atoms with Gasteiger partial charge in [0.25, 0.3) is 5.91 Å². The van der Waals surface area contributed by atoms with Crippen LogP contribution in [0.4, 0.5) is 0 Å². The van der Waals surface area contributed by atoms with Gasteiger partial charge in [0, 0.05) is 5.56 Å². The highest BCUT2D eigenvalue weighted by molar-refractivity contribution is 8.26. The number of fused-ring (bicyclic) bond motifs is 1. The number of nitrogens with one attached hydrogen (secondary N) is 1. The maximum absolute atomic E-state index is 12.5. The van der Waals surface area contributed by atoms with E-state index >= 15 is 0 Å². The summed E-state index contributed by atoms with van der Waals surface area (Å²) in [5.41, 5.74) is 1.03. The molecule has 1 aromatic heterocycles. The first kappa shape index (κ1) is 19.8. The fraction of sp³-hybridized carbons (Fsp3) is 0.190. The average Bonchev–Trinajstić information content (AvgIpc) is 3.38. The molecule has 0 spiro atoms. The Morgan fingerprint density at radius 3 is 2.87 bits per heavy atom. The van der Waals surface area contributed by atoms with Gasteiger partial charge in [0.15, 0.2) is 5.84 Å². The number of methoxy groups -OCH3 is 1. The number of esters is 1. The molecule has 30 heavy (non-hydrogen) atoms. The van der Waals surface area contributed by atoms with Crippen LogP contribution in [0.3, 0.4) is 0 Å². The molecule has 0 radical (unpaired) electrons. The zero-order valence-corrected chi connectivity index (χ0v) is 17.2. The van der Waals surface area contributed by atoms with Gasteiger partial charge in [-0.2, -0.15) is 15.1 Å². The van der Waals surface area contributed by atoms with Gasteiger partial charge < -0.3 is 9.15 Å². The molecule has 0 saturated carbocycles.